The van der Waals surface area contributed by atoms with E-state index in [1.54, 1.807) is 18.2 Å². The second-order valence-corrected chi connectivity index (χ2v) is 7.17. The molecule has 1 N–H and O–H groups in total. The lowest BCUT2D eigenvalue weighted by molar-refractivity contribution is 0.392. The molecule has 0 aromatic heterocycles. The average Bonchev–Trinajstić information content (AvgIpc) is 2.60. The number of nitrogens with one attached hydrogen (secondary N) is 1. The Bertz CT molecular complexity index is 802. The predicted molar refractivity (Wildman–Crippen MR) is 95.5 cm³/mol. The van der Waals surface area contributed by atoms with Crippen molar-refractivity contribution in [1.29, 1.82) is 0 Å². The largest absolute Gasteiger partial charge is 0.497 e. The molecular formula is C18H23NO4S. The summed E-state index contributed by atoms with van der Waals surface area (Å²) in [5.74, 6) is 0.965. The van der Waals surface area contributed by atoms with Crippen LogP contribution in [0.5, 0.6) is 11.5 Å². The fourth-order valence-electron chi connectivity index (χ4n) is 2.43. The predicted octanol–water partition coefficient (Wildman–Crippen LogP) is 4.02. The first-order chi connectivity index (χ1) is 11.4. The number of hydrogen-bond acceptors (Lipinski definition) is 4. The minimum atomic E-state index is -3.81. The number of anilines is 1. The first kappa shape index (κ1) is 18.1. The molecule has 24 heavy (non-hydrogen) atoms. The molecule has 0 aliphatic rings. The molecule has 1 atom stereocenters. The van der Waals surface area contributed by atoms with Gasteiger partial charge >= 0.3 is 0 Å². The summed E-state index contributed by atoms with van der Waals surface area (Å²) in [5, 5.41) is 0. The van der Waals surface area contributed by atoms with E-state index in [0.717, 1.165) is 12.0 Å². The molecular weight excluding hydrogens is 326 g/mol. The van der Waals surface area contributed by atoms with Crippen molar-refractivity contribution in [3.63, 3.8) is 0 Å². The number of sulfonamides is 1. The lowest BCUT2D eigenvalue weighted by Crippen LogP contribution is -2.16. The van der Waals surface area contributed by atoms with E-state index in [-0.39, 0.29) is 16.6 Å². The molecule has 0 aliphatic heterocycles. The minimum Gasteiger partial charge on any atom is -0.497 e. The third-order valence-electron chi connectivity index (χ3n) is 4.01. The number of hydrogen-bond donors (Lipinski definition) is 1. The van der Waals surface area contributed by atoms with Crippen LogP contribution in [0.15, 0.2) is 47.4 Å². The normalized spacial score (nSPS) is 12.5. The zero-order valence-corrected chi connectivity index (χ0v) is 15.2. The van der Waals surface area contributed by atoms with Crippen LogP contribution < -0.4 is 14.2 Å². The highest BCUT2D eigenvalue weighted by Crippen LogP contribution is 2.32. The van der Waals surface area contributed by atoms with Crippen LogP contribution in [0.2, 0.25) is 0 Å². The highest BCUT2D eigenvalue weighted by atomic mass is 32.2. The number of ether oxygens (including phenoxy) is 2. The molecule has 0 saturated heterocycles. The zero-order valence-electron chi connectivity index (χ0n) is 14.4. The second kappa shape index (κ2) is 7.57. The standard InChI is InChI=1S/C18H23NO4S/c1-5-13(2)15-8-6-7-9-16(15)19-24(20,21)18-12-14(22-3)10-11-17(18)23-4/h6-13,19H,5H2,1-4H3/t13-/m1/s1. The molecule has 0 heterocycles. The maximum Gasteiger partial charge on any atom is 0.265 e. The summed E-state index contributed by atoms with van der Waals surface area (Å²) in [5.41, 5.74) is 1.54. The van der Waals surface area contributed by atoms with Crippen LogP contribution in [0.4, 0.5) is 5.69 Å². The molecule has 2 rings (SSSR count). The van der Waals surface area contributed by atoms with Gasteiger partial charge in [0.15, 0.2) is 0 Å². The first-order valence-corrected chi connectivity index (χ1v) is 9.25. The Kier molecular flexibility index (Phi) is 5.72. The summed E-state index contributed by atoms with van der Waals surface area (Å²) < 4.78 is 38.7. The van der Waals surface area contributed by atoms with Gasteiger partial charge in [-0.2, -0.15) is 0 Å². The van der Waals surface area contributed by atoms with Gasteiger partial charge in [-0.1, -0.05) is 32.0 Å². The molecule has 0 amide bonds. The Morgan fingerprint density at radius 1 is 1.08 bits per heavy atom. The molecule has 0 fully saturated rings. The Balaban J connectivity index is 2.47. The number of rotatable bonds is 7. The monoisotopic (exact) mass is 349 g/mol. The van der Waals surface area contributed by atoms with Crippen LogP contribution in [0, 0.1) is 0 Å². The van der Waals surface area contributed by atoms with Crippen molar-refractivity contribution in [2.75, 3.05) is 18.9 Å². The average molecular weight is 349 g/mol. The van der Waals surface area contributed by atoms with Gasteiger partial charge in [0.1, 0.15) is 16.4 Å². The fraction of sp³-hybridized carbons (Fsp3) is 0.333. The maximum atomic E-state index is 12.9. The van der Waals surface area contributed by atoms with Crippen molar-refractivity contribution in [2.24, 2.45) is 0 Å². The van der Waals surface area contributed by atoms with Crippen LogP contribution in [0.25, 0.3) is 0 Å². The lowest BCUT2D eigenvalue weighted by atomic mass is 9.97. The third kappa shape index (κ3) is 3.82. The Morgan fingerprint density at radius 3 is 2.42 bits per heavy atom. The molecule has 0 bridgehead atoms. The summed E-state index contributed by atoms with van der Waals surface area (Å²) in [6, 6.07) is 12.1. The number of para-hydroxylation sites is 1. The Labute approximate surface area is 143 Å². The van der Waals surface area contributed by atoms with Gasteiger partial charge in [-0.25, -0.2) is 8.42 Å². The summed E-state index contributed by atoms with van der Waals surface area (Å²) in [6.07, 6.45) is 0.918. The molecule has 0 aliphatic carbocycles. The van der Waals surface area contributed by atoms with E-state index in [9.17, 15) is 8.42 Å². The lowest BCUT2D eigenvalue weighted by Gasteiger charge is -2.17. The molecule has 0 unspecified atom stereocenters. The third-order valence-corrected chi connectivity index (χ3v) is 5.40. The molecule has 6 heteroatoms. The van der Waals surface area contributed by atoms with E-state index in [2.05, 4.69) is 18.6 Å². The highest BCUT2D eigenvalue weighted by molar-refractivity contribution is 7.92. The van der Waals surface area contributed by atoms with Crippen molar-refractivity contribution in [2.45, 2.75) is 31.1 Å². The summed E-state index contributed by atoms with van der Waals surface area (Å²) in [6.45, 7) is 4.14. The smallest absolute Gasteiger partial charge is 0.265 e. The van der Waals surface area contributed by atoms with Gasteiger partial charge in [-0.15, -0.1) is 0 Å². The molecule has 130 valence electrons. The van der Waals surface area contributed by atoms with Crippen molar-refractivity contribution >= 4 is 15.7 Å². The van der Waals surface area contributed by atoms with Gasteiger partial charge in [0.2, 0.25) is 0 Å². The summed E-state index contributed by atoms with van der Waals surface area (Å²) in [4.78, 5) is 0.0447. The van der Waals surface area contributed by atoms with Crippen LogP contribution >= 0.6 is 0 Å². The molecule has 0 saturated carbocycles. The van der Waals surface area contributed by atoms with E-state index < -0.39 is 10.0 Å². The Hall–Kier alpha value is -2.21. The highest BCUT2D eigenvalue weighted by Gasteiger charge is 2.22. The maximum absolute atomic E-state index is 12.9. The zero-order chi connectivity index (χ0) is 17.7. The van der Waals surface area contributed by atoms with Crippen LogP contribution in [0.1, 0.15) is 31.7 Å². The van der Waals surface area contributed by atoms with Gasteiger partial charge in [0, 0.05) is 6.07 Å². The van der Waals surface area contributed by atoms with Gasteiger partial charge in [-0.3, -0.25) is 4.72 Å². The van der Waals surface area contributed by atoms with E-state index in [1.807, 2.05) is 18.2 Å². The Morgan fingerprint density at radius 2 is 1.79 bits per heavy atom. The molecule has 2 aromatic carbocycles. The van der Waals surface area contributed by atoms with Crippen molar-refractivity contribution in [3.8, 4) is 11.5 Å². The van der Waals surface area contributed by atoms with E-state index in [1.165, 1.54) is 20.3 Å². The first-order valence-electron chi connectivity index (χ1n) is 7.76. The van der Waals surface area contributed by atoms with Crippen molar-refractivity contribution in [3.05, 3.63) is 48.0 Å². The number of benzene rings is 2. The fourth-order valence-corrected chi connectivity index (χ4v) is 3.71. The molecule has 2 aromatic rings. The molecule has 5 nitrogen and oxygen atoms in total. The van der Waals surface area contributed by atoms with Crippen molar-refractivity contribution in [1.82, 2.24) is 0 Å². The molecule has 0 radical (unpaired) electrons. The SMILES string of the molecule is CC[C@@H](C)c1ccccc1NS(=O)(=O)c1cc(OC)ccc1OC. The van der Waals surface area contributed by atoms with Gasteiger partial charge in [0.05, 0.1) is 19.9 Å². The van der Waals surface area contributed by atoms with Gasteiger partial charge < -0.3 is 9.47 Å². The van der Waals surface area contributed by atoms with E-state index >= 15 is 0 Å². The quantitative estimate of drug-likeness (QED) is 0.820. The minimum absolute atomic E-state index is 0.0447. The summed E-state index contributed by atoms with van der Waals surface area (Å²) in [7, 11) is -0.880. The van der Waals surface area contributed by atoms with E-state index in [0.29, 0.717) is 11.4 Å². The van der Waals surface area contributed by atoms with Crippen LogP contribution in [-0.4, -0.2) is 22.6 Å². The van der Waals surface area contributed by atoms with Crippen LogP contribution in [-0.2, 0) is 10.0 Å². The van der Waals surface area contributed by atoms with E-state index in [4.69, 9.17) is 9.47 Å². The summed E-state index contributed by atoms with van der Waals surface area (Å²) >= 11 is 0. The molecule has 0 spiro atoms. The number of methoxy groups -OCH3 is 2. The second-order valence-electron chi connectivity index (χ2n) is 5.52. The van der Waals surface area contributed by atoms with Gasteiger partial charge in [0.25, 0.3) is 10.0 Å². The topological polar surface area (TPSA) is 64.6 Å². The van der Waals surface area contributed by atoms with Gasteiger partial charge in [-0.05, 0) is 36.1 Å². The van der Waals surface area contributed by atoms with Crippen LogP contribution in [0.3, 0.4) is 0 Å². The van der Waals surface area contributed by atoms with Crippen molar-refractivity contribution < 1.29 is 17.9 Å².